The summed E-state index contributed by atoms with van der Waals surface area (Å²) in [6.45, 7) is 0.250. The van der Waals surface area contributed by atoms with Gasteiger partial charge in [0.15, 0.2) is 0 Å². The van der Waals surface area contributed by atoms with Crippen LogP contribution in [0.4, 0.5) is 0 Å². The molecule has 0 spiro atoms. The first-order valence-corrected chi connectivity index (χ1v) is 8.48. The number of nitrogens with zero attached hydrogens (tertiary/aromatic N) is 1. The van der Waals surface area contributed by atoms with Crippen molar-refractivity contribution in [3.05, 3.63) is 12.2 Å². The third kappa shape index (κ3) is 2.18. The highest BCUT2D eigenvalue weighted by Gasteiger charge is 2.58. The lowest BCUT2D eigenvalue weighted by Crippen LogP contribution is -2.34. The lowest BCUT2D eigenvalue weighted by molar-refractivity contribution is -0.140. The standard InChI is InChI=1S/C13H17NO5S/c15-12-10-8-3-4-9(7-8)11(10)13(16)14(12)5-1-2-6-20(17,18)19/h3-4,8-11H,1-2,5-7H2,(H,17,18,19). The number of likely N-dealkylation sites (tertiary alicyclic amines) is 1. The molecule has 2 amide bonds. The van der Waals surface area contributed by atoms with Crippen LogP contribution in [0.3, 0.4) is 0 Å². The van der Waals surface area contributed by atoms with Crippen LogP contribution in [-0.2, 0) is 19.7 Å². The molecule has 1 N–H and O–H groups in total. The number of amides is 2. The Hall–Kier alpha value is -1.21. The Balaban J connectivity index is 1.60. The van der Waals surface area contributed by atoms with Gasteiger partial charge in [-0.05, 0) is 31.1 Å². The summed E-state index contributed by atoms with van der Waals surface area (Å²) in [7, 11) is -3.97. The van der Waals surface area contributed by atoms with Crippen molar-refractivity contribution in [1.29, 1.82) is 0 Å². The number of carbonyl (C=O) groups excluding carboxylic acids is 2. The summed E-state index contributed by atoms with van der Waals surface area (Å²) in [5.74, 6) is -0.540. The highest BCUT2D eigenvalue weighted by Crippen LogP contribution is 2.52. The molecule has 20 heavy (non-hydrogen) atoms. The lowest BCUT2D eigenvalue weighted by Gasteiger charge is -2.16. The van der Waals surface area contributed by atoms with E-state index in [4.69, 9.17) is 4.55 Å². The topological polar surface area (TPSA) is 91.8 Å². The molecule has 110 valence electrons. The Bertz CT molecular complexity index is 552. The summed E-state index contributed by atoms with van der Waals surface area (Å²) in [4.78, 5) is 25.8. The van der Waals surface area contributed by atoms with Gasteiger partial charge in [-0.15, -0.1) is 0 Å². The van der Waals surface area contributed by atoms with E-state index in [9.17, 15) is 18.0 Å². The van der Waals surface area contributed by atoms with E-state index in [0.29, 0.717) is 6.42 Å². The first-order valence-electron chi connectivity index (χ1n) is 6.87. The van der Waals surface area contributed by atoms with Crippen LogP contribution in [0, 0.1) is 23.7 Å². The van der Waals surface area contributed by atoms with E-state index >= 15 is 0 Å². The number of hydrogen-bond donors (Lipinski definition) is 1. The number of imide groups is 1. The smallest absolute Gasteiger partial charge is 0.264 e. The molecule has 2 aliphatic carbocycles. The summed E-state index contributed by atoms with van der Waals surface area (Å²) >= 11 is 0. The van der Waals surface area contributed by atoms with Crippen molar-refractivity contribution >= 4 is 21.9 Å². The fourth-order valence-corrected chi connectivity index (χ4v) is 4.31. The quantitative estimate of drug-likeness (QED) is 0.345. The largest absolute Gasteiger partial charge is 0.286 e. The molecule has 3 aliphatic rings. The molecule has 2 fully saturated rings. The van der Waals surface area contributed by atoms with Crippen molar-refractivity contribution in [2.45, 2.75) is 19.3 Å². The predicted molar refractivity (Wildman–Crippen MR) is 70.1 cm³/mol. The third-order valence-electron chi connectivity index (χ3n) is 4.60. The Morgan fingerprint density at radius 2 is 1.65 bits per heavy atom. The van der Waals surface area contributed by atoms with Gasteiger partial charge < -0.3 is 0 Å². The normalized spacial score (nSPS) is 35.1. The summed E-state index contributed by atoms with van der Waals surface area (Å²) < 4.78 is 29.9. The highest BCUT2D eigenvalue weighted by atomic mass is 32.2. The first-order chi connectivity index (χ1) is 9.38. The maximum Gasteiger partial charge on any atom is 0.264 e. The van der Waals surface area contributed by atoms with Crippen LogP contribution < -0.4 is 0 Å². The van der Waals surface area contributed by atoms with E-state index in [1.807, 2.05) is 12.2 Å². The van der Waals surface area contributed by atoms with Crippen molar-refractivity contribution < 1.29 is 22.6 Å². The monoisotopic (exact) mass is 299 g/mol. The molecule has 0 aromatic heterocycles. The second kappa shape index (κ2) is 4.66. The van der Waals surface area contributed by atoms with Crippen molar-refractivity contribution in [1.82, 2.24) is 4.90 Å². The zero-order valence-electron chi connectivity index (χ0n) is 10.9. The van der Waals surface area contributed by atoms with E-state index in [1.54, 1.807) is 0 Å². The van der Waals surface area contributed by atoms with E-state index in [-0.39, 0.29) is 54.2 Å². The van der Waals surface area contributed by atoms with Crippen LogP contribution in [0.2, 0.25) is 0 Å². The molecular weight excluding hydrogens is 282 g/mol. The van der Waals surface area contributed by atoms with Crippen molar-refractivity contribution in [2.75, 3.05) is 12.3 Å². The zero-order chi connectivity index (χ0) is 14.5. The van der Waals surface area contributed by atoms with Gasteiger partial charge in [0.05, 0.1) is 17.6 Å². The van der Waals surface area contributed by atoms with Crippen LogP contribution in [0.25, 0.3) is 0 Å². The molecule has 1 aliphatic heterocycles. The minimum atomic E-state index is -3.97. The number of carbonyl (C=O) groups is 2. The SMILES string of the molecule is O=C1C2C3C=CC(C3)C2C(=O)N1CCCCS(=O)(=O)O. The number of hydrogen-bond acceptors (Lipinski definition) is 4. The number of rotatable bonds is 5. The third-order valence-corrected chi connectivity index (χ3v) is 5.40. The second-order valence-corrected chi connectivity index (χ2v) is 7.39. The van der Waals surface area contributed by atoms with Gasteiger partial charge in [-0.3, -0.25) is 19.0 Å². The maximum absolute atomic E-state index is 12.3. The van der Waals surface area contributed by atoms with Gasteiger partial charge in [-0.25, -0.2) is 0 Å². The van der Waals surface area contributed by atoms with E-state index in [0.717, 1.165) is 6.42 Å². The predicted octanol–water partition coefficient (Wildman–Crippen LogP) is 0.462. The molecule has 0 radical (unpaired) electrons. The molecule has 1 heterocycles. The molecule has 4 unspecified atom stereocenters. The van der Waals surface area contributed by atoms with Crippen molar-refractivity contribution in [2.24, 2.45) is 23.7 Å². The molecule has 3 rings (SSSR count). The van der Waals surface area contributed by atoms with E-state index in [1.165, 1.54) is 4.90 Å². The molecule has 2 bridgehead atoms. The molecular formula is C13H17NO5S. The average molecular weight is 299 g/mol. The number of allylic oxidation sites excluding steroid dienone is 2. The minimum Gasteiger partial charge on any atom is -0.286 e. The first kappa shape index (κ1) is 13.8. The molecule has 1 saturated heterocycles. The van der Waals surface area contributed by atoms with Crippen LogP contribution in [0.5, 0.6) is 0 Å². The fraction of sp³-hybridized carbons (Fsp3) is 0.692. The summed E-state index contributed by atoms with van der Waals surface area (Å²) in [5.41, 5.74) is 0. The fourth-order valence-electron chi connectivity index (χ4n) is 3.74. The molecule has 4 atom stereocenters. The van der Waals surface area contributed by atoms with Crippen LogP contribution in [0.1, 0.15) is 19.3 Å². The van der Waals surface area contributed by atoms with Crippen molar-refractivity contribution in [3.8, 4) is 0 Å². The lowest BCUT2D eigenvalue weighted by atomic mass is 9.85. The molecule has 0 aromatic rings. The van der Waals surface area contributed by atoms with Gasteiger partial charge in [0, 0.05) is 6.54 Å². The Morgan fingerprint density at radius 3 is 2.15 bits per heavy atom. The van der Waals surface area contributed by atoms with Crippen molar-refractivity contribution in [3.63, 3.8) is 0 Å². The van der Waals surface area contributed by atoms with Gasteiger partial charge in [0.2, 0.25) is 11.8 Å². The summed E-state index contributed by atoms with van der Waals surface area (Å²) in [6.07, 6.45) is 5.64. The van der Waals surface area contributed by atoms with Gasteiger partial charge in [0.1, 0.15) is 0 Å². The number of fused-ring (bicyclic) bond motifs is 5. The minimum absolute atomic E-state index is 0.108. The Kier molecular flexibility index (Phi) is 3.21. The Morgan fingerprint density at radius 1 is 1.10 bits per heavy atom. The average Bonchev–Trinajstić information content (AvgIpc) is 3.00. The zero-order valence-corrected chi connectivity index (χ0v) is 11.8. The van der Waals surface area contributed by atoms with Gasteiger partial charge in [-0.1, -0.05) is 12.2 Å². The maximum atomic E-state index is 12.3. The van der Waals surface area contributed by atoms with Gasteiger partial charge in [-0.2, -0.15) is 8.42 Å². The van der Waals surface area contributed by atoms with Gasteiger partial charge in [0.25, 0.3) is 10.1 Å². The van der Waals surface area contributed by atoms with E-state index in [2.05, 4.69) is 0 Å². The summed E-state index contributed by atoms with van der Waals surface area (Å²) in [6, 6.07) is 0. The van der Waals surface area contributed by atoms with Crippen LogP contribution in [-0.4, -0.2) is 42.0 Å². The molecule has 1 saturated carbocycles. The molecule has 0 aromatic carbocycles. The van der Waals surface area contributed by atoms with Crippen LogP contribution >= 0.6 is 0 Å². The van der Waals surface area contributed by atoms with Gasteiger partial charge >= 0.3 is 0 Å². The number of unbranched alkanes of at least 4 members (excludes halogenated alkanes) is 1. The molecule has 7 heteroatoms. The van der Waals surface area contributed by atoms with Crippen LogP contribution in [0.15, 0.2) is 12.2 Å². The highest BCUT2D eigenvalue weighted by molar-refractivity contribution is 7.85. The Labute approximate surface area is 117 Å². The molecule has 6 nitrogen and oxygen atoms in total. The summed E-state index contributed by atoms with van der Waals surface area (Å²) in [5, 5.41) is 0. The second-order valence-electron chi connectivity index (χ2n) is 5.82. The van der Waals surface area contributed by atoms with E-state index < -0.39 is 10.1 Å².